The van der Waals surface area contributed by atoms with E-state index in [0.29, 0.717) is 0 Å². The predicted molar refractivity (Wildman–Crippen MR) is 67.7 cm³/mol. The van der Waals surface area contributed by atoms with Crippen LogP contribution < -0.4 is 0 Å². The van der Waals surface area contributed by atoms with E-state index < -0.39 is 0 Å². The van der Waals surface area contributed by atoms with Gasteiger partial charge in [0.15, 0.2) is 0 Å². The molecule has 0 unspecified atom stereocenters. The van der Waals surface area contributed by atoms with Gasteiger partial charge in [0, 0.05) is 29.0 Å². The zero-order valence-corrected chi connectivity index (χ0v) is 9.78. The molecule has 0 radical (unpaired) electrons. The Hall–Kier alpha value is -1.83. The van der Waals surface area contributed by atoms with E-state index in [9.17, 15) is 0 Å². The fourth-order valence-corrected chi connectivity index (χ4v) is 2.39. The van der Waals surface area contributed by atoms with Crippen molar-refractivity contribution >= 4 is 21.8 Å². The summed E-state index contributed by atoms with van der Waals surface area (Å²) < 4.78 is 2.21. The van der Waals surface area contributed by atoms with Gasteiger partial charge in [0.25, 0.3) is 0 Å². The number of para-hydroxylation sites is 1. The highest BCUT2D eigenvalue weighted by molar-refractivity contribution is 6.09. The fraction of sp³-hybridized carbons (Fsp3) is 0.214. The first-order valence-electron chi connectivity index (χ1n) is 5.49. The van der Waals surface area contributed by atoms with Crippen molar-refractivity contribution in [3.8, 4) is 0 Å². The van der Waals surface area contributed by atoms with Gasteiger partial charge in [-0.3, -0.25) is 4.98 Å². The first-order valence-corrected chi connectivity index (χ1v) is 5.49. The molecular weight excluding hydrogens is 196 g/mol. The topological polar surface area (TPSA) is 17.8 Å². The molecule has 0 bridgehead atoms. The summed E-state index contributed by atoms with van der Waals surface area (Å²) in [4.78, 5) is 4.44. The monoisotopic (exact) mass is 210 g/mol. The summed E-state index contributed by atoms with van der Waals surface area (Å²) in [6, 6.07) is 8.52. The average molecular weight is 210 g/mol. The molecule has 0 N–H and O–H groups in total. The van der Waals surface area contributed by atoms with Crippen molar-refractivity contribution in [2.45, 2.75) is 13.8 Å². The van der Waals surface area contributed by atoms with Gasteiger partial charge in [-0.05, 0) is 25.5 Å². The van der Waals surface area contributed by atoms with E-state index in [1.54, 1.807) is 0 Å². The minimum atomic E-state index is 1.11. The van der Waals surface area contributed by atoms with E-state index in [1.807, 2.05) is 6.20 Å². The summed E-state index contributed by atoms with van der Waals surface area (Å²) in [5.41, 5.74) is 4.88. The summed E-state index contributed by atoms with van der Waals surface area (Å²) in [6.45, 7) is 4.22. The fourth-order valence-electron chi connectivity index (χ4n) is 2.39. The number of pyridine rings is 1. The van der Waals surface area contributed by atoms with Gasteiger partial charge in [0.2, 0.25) is 0 Å². The molecule has 0 aliphatic carbocycles. The van der Waals surface area contributed by atoms with E-state index >= 15 is 0 Å². The highest BCUT2D eigenvalue weighted by atomic mass is 14.9. The SMILES string of the molecule is Cc1ncc2c(c1C)c1ccccc1n2C. The molecule has 2 heteroatoms. The standard InChI is InChI=1S/C14H14N2/c1-9-10(2)15-8-13-14(9)11-6-4-5-7-12(11)16(13)3/h4-8H,1-3H3. The summed E-state index contributed by atoms with van der Waals surface area (Å²) in [5.74, 6) is 0. The number of nitrogens with zero attached hydrogens (tertiary/aromatic N) is 2. The Morgan fingerprint density at radius 1 is 1.06 bits per heavy atom. The second-order valence-electron chi connectivity index (χ2n) is 4.31. The molecule has 3 rings (SSSR count). The predicted octanol–water partition coefficient (Wildman–Crippen LogP) is 3.34. The Kier molecular flexibility index (Phi) is 1.81. The van der Waals surface area contributed by atoms with Crippen LogP contribution in [0.15, 0.2) is 30.5 Å². The smallest absolute Gasteiger partial charge is 0.0678 e. The number of hydrogen-bond acceptors (Lipinski definition) is 1. The highest BCUT2D eigenvalue weighted by Crippen LogP contribution is 2.30. The number of aryl methyl sites for hydroxylation is 3. The first-order chi connectivity index (χ1) is 7.70. The molecule has 0 saturated heterocycles. The Morgan fingerprint density at radius 2 is 1.81 bits per heavy atom. The van der Waals surface area contributed by atoms with Gasteiger partial charge in [0.1, 0.15) is 0 Å². The van der Waals surface area contributed by atoms with Gasteiger partial charge in [-0.25, -0.2) is 0 Å². The second-order valence-corrected chi connectivity index (χ2v) is 4.31. The molecule has 0 spiro atoms. The van der Waals surface area contributed by atoms with Crippen molar-refractivity contribution < 1.29 is 0 Å². The number of rotatable bonds is 0. The Bertz CT molecular complexity index is 693. The second kappa shape index (κ2) is 3.08. The lowest BCUT2D eigenvalue weighted by Crippen LogP contribution is -1.90. The average Bonchev–Trinajstić information content (AvgIpc) is 2.59. The largest absolute Gasteiger partial charge is 0.342 e. The molecule has 0 fully saturated rings. The first kappa shape index (κ1) is 9.40. The Balaban J connectivity index is 2.68. The third-order valence-corrected chi connectivity index (χ3v) is 3.45. The number of fused-ring (bicyclic) bond motifs is 3. The lowest BCUT2D eigenvalue weighted by Gasteiger charge is -2.01. The summed E-state index contributed by atoms with van der Waals surface area (Å²) in [5, 5.41) is 2.66. The van der Waals surface area contributed by atoms with Crippen LogP contribution in [0.3, 0.4) is 0 Å². The van der Waals surface area contributed by atoms with Crippen molar-refractivity contribution in [1.82, 2.24) is 9.55 Å². The maximum absolute atomic E-state index is 4.44. The van der Waals surface area contributed by atoms with Crippen molar-refractivity contribution in [2.24, 2.45) is 7.05 Å². The molecule has 80 valence electrons. The van der Waals surface area contributed by atoms with Crippen LogP contribution in [-0.2, 0) is 7.05 Å². The minimum Gasteiger partial charge on any atom is -0.342 e. The molecule has 3 aromatic rings. The summed E-state index contributed by atoms with van der Waals surface area (Å²) in [7, 11) is 2.10. The Labute approximate surface area is 94.5 Å². The van der Waals surface area contributed by atoms with Crippen LogP contribution in [0.1, 0.15) is 11.3 Å². The lowest BCUT2D eigenvalue weighted by atomic mass is 10.1. The zero-order valence-electron chi connectivity index (χ0n) is 9.78. The van der Waals surface area contributed by atoms with Gasteiger partial charge in [-0.1, -0.05) is 18.2 Å². The van der Waals surface area contributed by atoms with E-state index in [2.05, 4.69) is 54.7 Å². The van der Waals surface area contributed by atoms with Crippen LogP contribution in [0.4, 0.5) is 0 Å². The van der Waals surface area contributed by atoms with Crippen LogP contribution in [0.2, 0.25) is 0 Å². The molecule has 0 aliphatic rings. The molecule has 2 aromatic heterocycles. The summed E-state index contributed by atoms with van der Waals surface area (Å²) >= 11 is 0. The lowest BCUT2D eigenvalue weighted by molar-refractivity contribution is 1.00. The van der Waals surface area contributed by atoms with E-state index in [4.69, 9.17) is 0 Å². The van der Waals surface area contributed by atoms with E-state index in [-0.39, 0.29) is 0 Å². The van der Waals surface area contributed by atoms with Crippen molar-refractivity contribution in [1.29, 1.82) is 0 Å². The molecule has 0 saturated carbocycles. The molecular formula is C14H14N2. The van der Waals surface area contributed by atoms with Crippen LogP contribution in [0.5, 0.6) is 0 Å². The van der Waals surface area contributed by atoms with Gasteiger partial charge < -0.3 is 4.57 Å². The third kappa shape index (κ3) is 1.04. The molecule has 16 heavy (non-hydrogen) atoms. The Morgan fingerprint density at radius 3 is 2.62 bits per heavy atom. The quantitative estimate of drug-likeness (QED) is 0.556. The third-order valence-electron chi connectivity index (χ3n) is 3.45. The number of benzene rings is 1. The van der Waals surface area contributed by atoms with Crippen molar-refractivity contribution in [3.05, 3.63) is 41.7 Å². The normalized spacial score (nSPS) is 11.4. The highest BCUT2D eigenvalue weighted by Gasteiger charge is 2.11. The number of hydrogen-bond donors (Lipinski definition) is 0. The van der Waals surface area contributed by atoms with Crippen LogP contribution in [-0.4, -0.2) is 9.55 Å². The molecule has 0 amide bonds. The van der Waals surface area contributed by atoms with Crippen molar-refractivity contribution in [2.75, 3.05) is 0 Å². The maximum atomic E-state index is 4.44. The molecule has 0 aliphatic heterocycles. The van der Waals surface area contributed by atoms with Gasteiger partial charge in [-0.15, -0.1) is 0 Å². The minimum absolute atomic E-state index is 1.11. The van der Waals surface area contributed by atoms with Crippen LogP contribution in [0, 0.1) is 13.8 Å². The zero-order chi connectivity index (χ0) is 11.3. The summed E-state index contributed by atoms with van der Waals surface area (Å²) in [6.07, 6.45) is 1.97. The maximum Gasteiger partial charge on any atom is 0.0678 e. The van der Waals surface area contributed by atoms with Crippen LogP contribution >= 0.6 is 0 Å². The molecule has 1 aromatic carbocycles. The van der Waals surface area contributed by atoms with Gasteiger partial charge in [-0.2, -0.15) is 0 Å². The molecule has 0 atom stereocenters. The van der Waals surface area contributed by atoms with E-state index in [0.717, 1.165) is 5.69 Å². The molecule has 2 heterocycles. The molecule has 2 nitrogen and oxygen atoms in total. The van der Waals surface area contributed by atoms with Crippen LogP contribution in [0.25, 0.3) is 21.8 Å². The van der Waals surface area contributed by atoms with E-state index in [1.165, 1.54) is 27.4 Å². The van der Waals surface area contributed by atoms with Crippen molar-refractivity contribution in [3.63, 3.8) is 0 Å². The van der Waals surface area contributed by atoms with Gasteiger partial charge >= 0.3 is 0 Å². The number of aromatic nitrogens is 2. The van der Waals surface area contributed by atoms with Gasteiger partial charge in [0.05, 0.1) is 11.7 Å².